The first-order valence-electron chi connectivity index (χ1n) is 5.99. The van der Waals surface area contributed by atoms with E-state index in [1.165, 1.54) is 17.7 Å². The molecule has 0 aliphatic carbocycles. The van der Waals surface area contributed by atoms with Gasteiger partial charge in [-0.2, -0.15) is 0 Å². The third-order valence-electron chi connectivity index (χ3n) is 2.98. The number of benzene rings is 2. The van der Waals surface area contributed by atoms with Gasteiger partial charge in [0.15, 0.2) is 0 Å². The number of unbranched alkanes of at least 4 members (excludes halogenated alkanes) is 1. The molecule has 0 unspecified atom stereocenters. The van der Waals surface area contributed by atoms with Crippen molar-refractivity contribution in [3.63, 3.8) is 0 Å². The number of hydrogen-bond acceptors (Lipinski definition) is 3. The molecule has 0 spiro atoms. The molecular formula is C14H15NaO3S. The van der Waals surface area contributed by atoms with Crippen LogP contribution >= 0.6 is 0 Å². The van der Waals surface area contributed by atoms with Gasteiger partial charge < -0.3 is 4.55 Å². The second-order valence-corrected chi connectivity index (χ2v) is 5.78. The monoisotopic (exact) mass is 286 g/mol. The third-order valence-corrected chi connectivity index (χ3v) is 3.82. The average Bonchev–Trinajstić information content (AvgIpc) is 2.34. The number of hydrogen-bond donors (Lipinski definition) is 0. The van der Waals surface area contributed by atoms with Gasteiger partial charge in [-0.05, 0) is 41.3 Å². The van der Waals surface area contributed by atoms with E-state index >= 15 is 0 Å². The van der Waals surface area contributed by atoms with Crippen LogP contribution in [0.4, 0.5) is 0 Å². The summed E-state index contributed by atoms with van der Waals surface area (Å²) in [6, 6.07) is 10.4. The third kappa shape index (κ3) is 4.29. The topological polar surface area (TPSA) is 57.2 Å². The van der Waals surface area contributed by atoms with Crippen LogP contribution in [0.5, 0.6) is 0 Å². The fourth-order valence-electron chi connectivity index (χ4n) is 1.97. The van der Waals surface area contributed by atoms with Gasteiger partial charge in [-0.15, -0.1) is 0 Å². The summed E-state index contributed by atoms with van der Waals surface area (Å²) in [4.78, 5) is -0.170. The maximum absolute atomic E-state index is 10.9. The van der Waals surface area contributed by atoms with Crippen molar-refractivity contribution in [3.8, 4) is 0 Å². The van der Waals surface area contributed by atoms with Crippen LogP contribution in [0.3, 0.4) is 0 Å². The van der Waals surface area contributed by atoms with Gasteiger partial charge in [0.1, 0.15) is 10.1 Å². The van der Waals surface area contributed by atoms with E-state index in [-0.39, 0.29) is 34.5 Å². The zero-order chi connectivity index (χ0) is 13.2. The zero-order valence-electron chi connectivity index (χ0n) is 11.2. The van der Waals surface area contributed by atoms with Gasteiger partial charge in [0, 0.05) is 0 Å². The summed E-state index contributed by atoms with van der Waals surface area (Å²) in [5.41, 5.74) is 1.24. The molecular weight excluding hydrogens is 271 g/mol. The second-order valence-electron chi connectivity index (χ2n) is 4.40. The largest absolute Gasteiger partial charge is 1.00 e. The molecule has 96 valence electrons. The predicted molar refractivity (Wildman–Crippen MR) is 70.5 cm³/mol. The molecule has 2 rings (SSSR count). The van der Waals surface area contributed by atoms with E-state index in [1.54, 1.807) is 6.07 Å². The maximum atomic E-state index is 10.9. The molecule has 0 atom stereocenters. The Morgan fingerprint density at radius 2 is 1.68 bits per heavy atom. The Bertz CT molecular complexity index is 665. The van der Waals surface area contributed by atoms with Crippen LogP contribution in [-0.2, 0) is 16.5 Å². The molecule has 0 fully saturated rings. The Kier molecular flexibility index (Phi) is 6.02. The Balaban J connectivity index is 0.00000180. The smallest absolute Gasteiger partial charge is 0.744 e. The van der Waals surface area contributed by atoms with E-state index in [0.717, 1.165) is 30.0 Å². The summed E-state index contributed by atoms with van der Waals surface area (Å²) in [5, 5.41) is 1.75. The SMILES string of the molecule is CCCCc1ccc2cc(S(=O)(=O)[O-])ccc2c1.[Na+]. The summed E-state index contributed by atoms with van der Waals surface area (Å²) >= 11 is 0. The molecule has 0 aliphatic rings. The van der Waals surface area contributed by atoms with E-state index < -0.39 is 10.1 Å². The second kappa shape index (κ2) is 6.86. The van der Waals surface area contributed by atoms with Crippen molar-refractivity contribution in [2.75, 3.05) is 0 Å². The fraction of sp³-hybridized carbons (Fsp3) is 0.286. The van der Waals surface area contributed by atoms with Gasteiger partial charge in [0.25, 0.3) is 0 Å². The van der Waals surface area contributed by atoms with E-state index in [2.05, 4.69) is 6.92 Å². The minimum absolute atomic E-state index is 0. The molecule has 0 aliphatic heterocycles. The van der Waals surface area contributed by atoms with E-state index in [9.17, 15) is 13.0 Å². The molecule has 0 saturated heterocycles. The summed E-state index contributed by atoms with van der Waals surface area (Å²) < 4.78 is 32.8. The van der Waals surface area contributed by atoms with E-state index in [4.69, 9.17) is 0 Å². The summed E-state index contributed by atoms with van der Waals surface area (Å²) in [6.07, 6.45) is 3.30. The van der Waals surface area contributed by atoms with Crippen molar-refractivity contribution < 1.29 is 42.5 Å². The molecule has 0 N–H and O–H groups in total. The fourth-order valence-corrected chi connectivity index (χ4v) is 2.47. The Morgan fingerprint density at radius 3 is 2.32 bits per heavy atom. The van der Waals surface area contributed by atoms with Crippen molar-refractivity contribution in [3.05, 3.63) is 42.0 Å². The van der Waals surface area contributed by atoms with Gasteiger partial charge in [-0.25, -0.2) is 8.42 Å². The first-order valence-corrected chi connectivity index (χ1v) is 7.40. The Morgan fingerprint density at radius 1 is 1.05 bits per heavy atom. The first-order chi connectivity index (χ1) is 8.50. The molecule has 3 nitrogen and oxygen atoms in total. The quantitative estimate of drug-likeness (QED) is 0.591. The Labute approximate surface area is 136 Å². The molecule has 2 aromatic rings. The van der Waals surface area contributed by atoms with Crippen LogP contribution in [0.25, 0.3) is 10.8 Å². The normalized spacial score (nSPS) is 11.3. The van der Waals surface area contributed by atoms with Gasteiger partial charge in [0.2, 0.25) is 0 Å². The molecule has 5 heteroatoms. The molecule has 0 saturated carbocycles. The summed E-state index contributed by atoms with van der Waals surface area (Å²) in [5.74, 6) is 0. The van der Waals surface area contributed by atoms with E-state index in [1.807, 2.05) is 18.2 Å². The van der Waals surface area contributed by atoms with Crippen LogP contribution in [0.2, 0.25) is 0 Å². The maximum Gasteiger partial charge on any atom is 1.00 e. The number of aryl methyl sites for hydroxylation is 1. The van der Waals surface area contributed by atoms with Gasteiger partial charge in [-0.1, -0.05) is 37.6 Å². The van der Waals surface area contributed by atoms with Crippen molar-refractivity contribution in [1.82, 2.24) is 0 Å². The van der Waals surface area contributed by atoms with Crippen LogP contribution in [0, 0.1) is 0 Å². The van der Waals surface area contributed by atoms with E-state index in [0.29, 0.717) is 0 Å². The molecule has 0 radical (unpaired) electrons. The number of fused-ring (bicyclic) bond motifs is 1. The number of rotatable bonds is 4. The standard InChI is InChI=1S/C14H16O3S.Na/c1-2-3-4-11-5-6-13-10-14(18(15,16)17)8-7-12(13)9-11;/h5-10H,2-4H2,1H3,(H,15,16,17);/q;+1/p-1. The van der Waals surface area contributed by atoms with Crippen molar-refractivity contribution in [1.29, 1.82) is 0 Å². The summed E-state index contributed by atoms with van der Waals surface area (Å²) in [6.45, 7) is 2.15. The van der Waals surface area contributed by atoms with Crippen molar-refractivity contribution >= 4 is 20.9 Å². The van der Waals surface area contributed by atoms with Crippen LogP contribution in [0.15, 0.2) is 41.3 Å². The molecule has 2 aromatic carbocycles. The van der Waals surface area contributed by atoms with Crippen LogP contribution in [0.1, 0.15) is 25.3 Å². The summed E-state index contributed by atoms with van der Waals surface area (Å²) in [7, 11) is -4.37. The minimum Gasteiger partial charge on any atom is -0.744 e. The first kappa shape index (κ1) is 16.7. The minimum atomic E-state index is -4.37. The van der Waals surface area contributed by atoms with Crippen molar-refractivity contribution in [2.45, 2.75) is 31.1 Å². The van der Waals surface area contributed by atoms with Crippen LogP contribution < -0.4 is 29.6 Å². The van der Waals surface area contributed by atoms with Gasteiger partial charge in [-0.3, -0.25) is 0 Å². The molecule has 0 aromatic heterocycles. The molecule has 0 heterocycles. The predicted octanol–water partition coefficient (Wildman–Crippen LogP) is 0.0905. The average molecular weight is 286 g/mol. The molecule has 0 bridgehead atoms. The van der Waals surface area contributed by atoms with Crippen LogP contribution in [-0.4, -0.2) is 13.0 Å². The van der Waals surface area contributed by atoms with Gasteiger partial charge >= 0.3 is 29.6 Å². The Hall–Kier alpha value is -0.390. The van der Waals surface area contributed by atoms with Gasteiger partial charge in [0.05, 0.1) is 4.90 Å². The molecule has 19 heavy (non-hydrogen) atoms. The van der Waals surface area contributed by atoms with Crippen molar-refractivity contribution in [2.24, 2.45) is 0 Å². The molecule has 0 amide bonds. The zero-order valence-corrected chi connectivity index (χ0v) is 14.0.